The third-order valence-corrected chi connectivity index (χ3v) is 5.71. The molecule has 1 aliphatic heterocycles. The summed E-state index contributed by atoms with van der Waals surface area (Å²) in [7, 11) is 1.39. The fourth-order valence-electron chi connectivity index (χ4n) is 3.77. The fraction of sp³-hybridized carbons (Fsp3) is 0.520. The van der Waals surface area contributed by atoms with Crippen LogP contribution >= 0.6 is 0 Å². The number of esters is 1. The molecular formula is C25H33NO3. The second kappa shape index (κ2) is 11.5. The van der Waals surface area contributed by atoms with Crippen LogP contribution < -0.4 is 0 Å². The van der Waals surface area contributed by atoms with Gasteiger partial charge in [-0.3, -0.25) is 9.59 Å². The molecule has 2 rings (SSSR count). The Kier molecular flexibility index (Phi) is 8.99. The van der Waals surface area contributed by atoms with E-state index in [0.717, 1.165) is 30.4 Å². The monoisotopic (exact) mass is 395 g/mol. The van der Waals surface area contributed by atoms with Crippen LogP contribution in [0.25, 0.3) is 0 Å². The Morgan fingerprint density at radius 3 is 2.62 bits per heavy atom. The van der Waals surface area contributed by atoms with Gasteiger partial charge in [0.25, 0.3) is 0 Å². The zero-order valence-corrected chi connectivity index (χ0v) is 18.1. The topological polar surface area (TPSA) is 46.6 Å². The molecule has 3 atom stereocenters. The highest BCUT2D eigenvalue weighted by molar-refractivity contribution is 5.79. The average Bonchev–Trinajstić information content (AvgIpc) is 3.07. The summed E-state index contributed by atoms with van der Waals surface area (Å²) in [5.41, 5.74) is 1.99. The lowest BCUT2D eigenvalue weighted by Crippen LogP contribution is -2.31. The lowest BCUT2D eigenvalue weighted by atomic mass is 9.88. The van der Waals surface area contributed by atoms with Gasteiger partial charge in [-0.25, -0.2) is 0 Å². The second-order valence-corrected chi connectivity index (χ2v) is 7.76. The number of methoxy groups -OCH3 is 1. The minimum absolute atomic E-state index is 0.149. The van der Waals surface area contributed by atoms with Crippen molar-refractivity contribution < 1.29 is 14.3 Å². The highest BCUT2D eigenvalue weighted by atomic mass is 16.5. The van der Waals surface area contributed by atoms with Gasteiger partial charge in [-0.05, 0) is 42.7 Å². The average molecular weight is 396 g/mol. The van der Waals surface area contributed by atoms with E-state index in [1.54, 1.807) is 0 Å². The van der Waals surface area contributed by atoms with Gasteiger partial charge in [0, 0.05) is 19.4 Å². The zero-order valence-electron chi connectivity index (χ0n) is 18.1. The van der Waals surface area contributed by atoms with Gasteiger partial charge in [0.2, 0.25) is 5.91 Å². The number of amides is 1. The Morgan fingerprint density at radius 1 is 1.31 bits per heavy atom. The number of ether oxygens (including phenoxy) is 1. The molecule has 0 aliphatic carbocycles. The molecule has 156 valence electrons. The van der Waals surface area contributed by atoms with Crippen LogP contribution in [-0.4, -0.2) is 29.9 Å². The van der Waals surface area contributed by atoms with Gasteiger partial charge in [-0.15, -0.1) is 11.8 Å². The van der Waals surface area contributed by atoms with Gasteiger partial charge < -0.3 is 9.64 Å². The van der Waals surface area contributed by atoms with Crippen LogP contribution in [0.15, 0.2) is 36.4 Å². The van der Waals surface area contributed by atoms with Crippen LogP contribution in [0.5, 0.6) is 0 Å². The van der Waals surface area contributed by atoms with Crippen molar-refractivity contribution in [2.75, 3.05) is 7.11 Å². The number of allylic oxidation sites excluding steroid dienone is 1. The number of hydrogen-bond donors (Lipinski definition) is 0. The first-order valence-electron chi connectivity index (χ1n) is 10.5. The van der Waals surface area contributed by atoms with Crippen LogP contribution in [0.4, 0.5) is 0 Å². The van der Waals surface area contributed by atoms with E-state index < -0.39 is 0 Å². The predicted octanol–water partition coefficient (Wildman–Crippen LogP) is 4.53. The van der Waals surface area contributed by atoms with E-state index in [0.29, 0.717) is 24.8 Å². The highest BCUT2D eigenvalue weighted by Gasteiger charge is 2.29. The minimum Gasteiger partial charge on any atom is -0.469 e. The van der Waals surface area contributed by atoms with E-state index in [9.17, 15) is 9.59 Å². The molecule has 1 aliphatic rings. The molecule has 0 bridgehead atoms. The highest BCUT2D eigenvalue weighted by Crippen LogP contribution is 2.26. The van der Waals surface area contributed by atoms with E-state index in [-0.39, 0.29) is 24.3 Å². The van der Waals surface area contributed by atoms with Crippen LogP contribution in [0.1, 0.15) is 57.6 Å². The first kappa shape index (κ1) is 22.7. The van der Waals surface area contributed by atoms with E-state index >= 15 is 0 Å². The number of hydrogen-bond acceptors (Lipinski definition) is 3. The van der Waals surface area contributed by atoms with Crippen molar-refractivity contribution in [2.24, 2.45) is 11.8 Å². The molecule has 1 amide bonds. The van der Waals surface area contributed by atoms with Crippen molar-refractivity contribution in [3.8, 4) is 11.8 Å². The quantitative estimate of drug-likeness (QED) is 0.351. The molecule has 1 heterocycles. The second-order valence-electron chi connectivity index (χ2n) is 7.76. The number of nitrogens with zero attached hydrogens (tertiary/aromatic N) is 1. The van der Waals surface area contributed by atoms with Crippen molar-refractivity contribution >= 4 is 11.9 Å². The van der Waals surface area contributed by atoms with E-state index in [4.69, 9.17) is 4.74 Å². The number of rotatable bonds is 9. The summed E-state index contributed by atoms with van der Waals surface area (Å²) in [4.78, 5) is 25.8. The largest absolute Gasteiger partial charge is 0.469 e. The summed E-state index contributed by atoms with van der Waals surface area (Å²) in [6.07, 6.45) is 8.23. The number of likely N-dealkylation sites (tertiary alicyclic amines) is 1. The van der Waals surface area contributed by atoms with Gasteiger partial charge in [0.1, 0.15) is 0 Å². The molecule has 0 spiro atoms. The van der Waals surface area contributed by atoms with Crippen LogP contribution in [0.3, 0.4) is 0 Å². The lowest BCUT2D eigenvalue weighted by molar-refractivity contribution is -0.139. The van der Waals surface area contributed by atoms with Crippen molar-refractivity contribution in [3.63, 3.8) is 0 Å². The third-order valence-electron chi connectivity index (χ3n) is 5.71. The SMILES string of the molecule is CC#CCC(C)C(/C=C/C1CCC(=O)N1Cc1ccc(CC(=O)OC)cc1)CC. The minimum atomic E-state index is -0.248. The van der Waals surface area contributed by atoms with Crippen molar-refractivity contribution in [1.82, 2.24) is 4.90 Å². The predicted molar refractivity (Wildman–Crippen MR) is 116 cm³/mol. The van der Waals surface area contributed by atoms with Crippen LogP contribution in [0.2, 0.25) is 0 Å². The molecule has 0 radical (unpaired) electrons. The molecule has 0 saturated carbocycles. The molecule has 0 aromatic heterocycles. The van der Waals surface area contributed by atoms with Gasteiger partial charge in [-0.2, -0.15) is 0 Å². The summed E-state index contributed by atoms with van der Waals surface area (Å²) in [5.74, 6) is 7.11. The van der Waals surface area contributed by atoms with Crippen molar-refractivity contribution in [3.05, 3.63) is 47.5 Å². The Bertz CT molecular complexity index is 769. The Balaban J connectivity index is 2.02. The maximum Gasteiger partial charge on any atom is 0.309 e. The lowest BCUT2D eigenvalue weighted by Gasteiger charge is -2.24. The molecule has 1 fully saturated rings. The maximum atomic E-state index is 12.4. The summed E-state index contributed by atoms with van der Waals surface area (Å²) < 4.78 is 4.71. The Labute approximate surface area is 175 Å². The number of benzene rings is 1. The van der Waals surface area contributed by atoms with Crippen molar-refractivity contribution in [1.29, 1.82) is 0 Å². The Morgan fingerprint density at radius 2 is 2.00 bits per heavy atom. The maximum absolute atomic E-state index is 12.4. The summed E-state index contributed by atoms with van der Waals surface area (Å²) in [6.45, 7) is 6.93. The van der Waals surface area contributed by atoms with Crippen LogP contribution in [-0.2, 0) is 27.3 Å². The first-order chi connectivity index (χ1) is 14.0. The molecular weight excluding hydrogens is 362 g/mol. The molecule has 3 unspecified atom stereocenters. The van der Waals surface area contributed by atoms with E-state index in [2.05, 4.69) is 37.8 Å². The standard InChI is InChI=1S/C25H33NO3/c1-5-7-8-19(3)22(6-2)13-14-23-15-16-24(27)26(23)18-21-11-9-20(10-12-21)17-25(28)29-4/h9-14,19,22-23H,6,8,15-18H2,1-4H3/b14-13+. The summed E-state index contributed by atoms with van der Waals surface area (Å²) in [6, 6.07) is 7.99. The Hall–Kier alpha value is -2.54. The molecule has 4 heteroatoms. The molecule has 1 aromatic rings. The summed E-state index contributed by atoms with van der Waals surface area (Å²) >= 11 is 0. The molecule has 29 heavy (non-hydrogen) atoms. The molecule has 1 saturated heterocycles. The van der Waals surface area contributed by atoms with Gasteiger partial charge in [0.15, 0.2) is 0 Å². The molecule has 1 aromatic carbocycles. The van der Waals surface area contributed by atoms with Crippen LogP contribution in [0, 0.1) is 23.7 Å². The number of carbonyl (C=O) groups is 2. The van der Waals surface area contributed by atoms with Crippen molar-refractivity contribution in [2.45, 2.75) is 65.5 Å². The number of carbonyl (C=O) groups excluding carboxylic acids is 2. The summed E-state index contributed by atoms with van der Waals surface area (Å²) in [5, 5.41) is 0. The van der Waals surface area contributed by atoms with Gasteiger partial charge >= 0.3 is 5.97 Å². The molecule has 4 nitrogen and oxygen atoms in total. The first-order valence-corrected chi connectivity index (χ1v) is 10.5. The third kappa shape index (κ3) is 6.78. The molecule has 0 N–H and O–H groups in total. The normalized spacial score (nSPS) is 18.4. The van der Waals surface area contributed by atoms with E-state index in [1.165, 1.54) is 7.11 Å². The fourth-order valence-corrected chi connectivity index (χ4v) is 3.77. The smallest absolute Gasteiger partial charge is 0.309 e. The van der Waals surface area contributed by atoms with Gasteiger partial charge in [-0.1, -0.05) is 50.3 Å². The van der Waals surface area contributed by atoms with Gasteiger partial charge in [0.05, 0.1) is 19.6 Å². The van der Waals surface area contributed by atoms with E-state index in [1.807, 2.05) is 36.1 Å². The zero-order chi connectivity index (χ0) is 21.2.